The zero-order valence-corrected chi connectivity index (χ0v) is 19.9. The number of hydrogen-bond acceptors (Lipinski definition) is 4. The molecule has 0 aliphatic heterocycles. The Bertz CT molecular complexity index is 1360. The van der Waals surface area contributed by atoms with E-state index in [1.54, 1.807) is 30.3 Å². The van der Waals surface area contributed by atoms with E-state index in [1.807, 2.05) is 26.0 Å². The van der Waals surface area contributed by atoms with Gasteiger partial charge in [0.05, 0.1) is 22.7 Å². The molecule has 0 unspecified atom stereocenters. The Morgan fingerprint density at radius 3 is 2.65 bits per heavy atom. The number of halogens is 3. The first kappa shape index (κ1) is 21.6. The maximum absolute atomic E-state index is 14.2. The molecule has 31 heavy (non-hydrogen) atoms. The van der Waals surface area contributed by atoms with Gasteiger partial charge in [0.15, 0.2) is 0 Å². The molecule has 0 radical (unpaired) electrons. The maximum atomic E-state index is 14.2. The van der Waals surface area contributed by atoms with E-state index in [9.17, 15) is 9.18 Å². The summed E-state index contributed by atoms with van der Waals surface area (Å²) in [6.45, 7) is 4.03. The van der Waals surface area contributed by atoms with E-state index in [0.717, 1.165) is 10.9 Å². The van der Waals surface area contributed by atoms with Crippen molar-refractivity contribution in [2.75, 3.05) is 0 Å². The van der Waals surface area contributed by atoms with Crippen LogP contribution in [0.25, 0.3) is 22.2 Å². The third-order valence-corrected chi connectivity index (χ3v) is 6.00. The Hall–Kier alpha value is -2.58. The molecule has 2 aromatic heterocycles. The number of rotatable bonds is 5. The smallest absolute Gasteiger partial charge is 0.282 e. The minimum absolute atomic E-state index is 0.0296. The molecule has 0 aliphatic rings. The summed E-state index contributed by atoms with van der Waals surface area (Å²) in [6.07, 6.45) is 2.25. The average molecular weight is 547 g/mol. The second-order valence-electron chi connectivity index (χ2n) is 7.13. The number of nitrogens with zero attached hydrogens (tertiary/aromatic N) is 3. The number of aromatic nitrogens is 2. The summed E-state index contributed by atoms with van der Waals surface area (Å²) in [5, 5.41) is 4.84. The van der Waals surface area contributed by atoms with E-state index in [-0.39, 0.29) is 11.5 Å². The normalized spacial score (nSPS) is 12.7. The van der Waals surface area contributed by atoms with Crippen LogP contribution < -0.4 is 5.56 Å². The van der Waals surface area contributed by atoms with Crippen molar-refractivity contribution in [3.63, 3.8) is 0 Å². The largest absolute Gasteiger partial charge is 0.455 e. The van der Waals surface area contributed by atoms with E-state index in [4.69, 9.17) is 4.42 Å². The molecule has 0 N–H and O–H groups in total. The van der Waals surface area contributed by atoms with Gasteiger partial charge in [0.2, 0.25) is 0 Å². The molecule has 0 aliphatic carbocycles. The fourth-order valence-electron chi connectivity index (χ4n) is 3.15. The number of benzene rings is 2. The molecule has 4 aromatic rings. The van der Waals surface area contributed by atoms with Crippen LogP contribution in [0, 0.1) is 5.82 Å². The number of furan rings is 1. The SMILES string of the molecule is CC[C@@H](C)c1nc2ccc(Br)cc2c(=O)n1N=Cc1ccc(-c2ccc(Br)cc2F)o1. The van der Waals surface area contributed by atoms with Crippen LogP contribution in [0.15, 0.2) is 71.8 Å². The Balaban J connectivity index is 1.76. The second-order valence-corrected chi connectivity index (χ2v) is 8.96. The summed E-state index contributed by atoms with van der Waals surface area (Å²) in [6, 6.07) is 13.5. The first-order chi connectivity index (χ1) is 14.9. The Morgan fingerprint density at radius 2 is 1.90 bits per heavy atom. The van der Waals surface area contributed by atoms with Gasteiger partial charge < -0.3 is 4.42 Å². The van der Waals surface area contributed by atoms with E-state index in [2.05, 4.69) is 41.9 Å². The van der Waals surface area contributed by atoms with Crippen LogP contribution in [-0.4, -0.2) is 15.9 Å². The monoisotopic (exact) mass is 545 g/mol. The predicted octanol–water partition coefficient (Wildman–Crippen LogP) is 6.72. The van der Waals surface area contributed by atoms with Gasteiger partial charge in [0.1, 0.15) is 23.2 Å². The zero-order valence-electron chi connectivity index (χ0n) is 16.8. The van der Waals surface area contributed by atoms with E-state index >= 15 is 0 Å². The topological polar surface area (TPSA) is 60.4 Å². The molecule has 0 spiro atoms. The first-order valence-electron chi connectivity index (χ1n) is 9.69. The molecule has 4 rings (SSSR count). The van der Waals surface area contributed by atoms with Crippen molar-refractivity contribution in [2.24, 2.45) is 5.10 Å². The van der Waals surface area contributed by atoms with Crippen LogP contribution in [0.2, 0.25) is 0 Å². The van der Waals surface area contributed by atoms with Crippen molar-refractivity contribution in [3.05, 3.63) is 85.2 Å². The molecule has 0 bridgehead atoms. The van der Waals surface area contributed by atoms with Gasteiger partial charge in [-0.3, -0.25) is 4.79 Å². The summed E-state index contributed by atoms with van der Waals surface area (Å²) in [5.41, 5.74) is 0.710. The zero-order chi connectivity index (χ0) is 22.1. The lowest BCUT2D eigenvalue weighted by molar-refractivity contribution is 0.561. The molecule has 0 fully saturated rings. The summed E-state index contributed by atoms with van der Waals surface area (Å²) in [4.78, 5) is 17.8. The van der Waals surface area contributed by atoms with Crippen molar-refractivity contribution in [2.45, 2.75) is 26.2 Å². The van der Waals surface area contributed by atoms with E-state index in [1.165, 1.54) is 17.0 Å². The van der Waals surface area contributed by atoms with Crippen molar-refractivity contribution in [3.8, 4) is 11.3 Å². The standard InChI is InChI=1S/C23H18Br2FN3O2/c1-3-13(2)22-28-20-8-5-14(24)10-18(20)23(30)29(22)27-12-16-6-9-21(31-16)17-7-4-15(25)11-19(17)26/h4-13H,3H2,1-2H3/t13-/m1/s1. The number of hydrogen-bond donors (Lipinski definition) is 0. The first-order valence-corrected chi connectivity index (χ1v) is 11.3. The molecule has 158 valence electrons. The van der Waals surface area contributed by atoms with Gasteiger partial charge in [-0.05, 0) is 55.0 Å². The fourth-order valence-corrected chi connectivity index (χ4v) is 3.84. The third kappa shape index (κ3) is 4.41. The lowest BCUT2D eigenvalue weighted by atomic mass is 10.1. The molecular weight excluding hydrogens is 529 g/mol. The molecule has 0 amide bonds. The van der Waals surface area contributed by atoms with Gasteiger partial charge in [-0.15, -0.1) is 0 Å². The lowest BCUT2D eigenvalue weighted by Crippen LogP contribution is -2.23. The summed E-state index contributed by atoms with van der Waals surface area (Å²) >= 11 is 6.64. The van der Waals surface area contributed by atoms with E-state index < -0.39 is 5.82 Å². The lowest BCUT2D eigenvalue weighted by Gasteiger charge is -2.13. The molecule has 0 saturated carbocycles. The van der Waals surface area contributed by atoms with Crippen molar-refractivity contribution < 1.29 is 8.81 Å². The van der Waals surface area contributed by atoms with Gasteiger partial charge in [-0.25, -0.2) is 9.37 Å². The summed E-state index contributed by atoms with van der Waals surface area (Å²) in [5.74, 6) is 0.980. The highest BCUT2D eigenvalue weighted by Gasteiger charge is 2.16. The molecule has 8 heteroatoms. The Kier molecular flexibility index (Phi) is 6.20. The molecule has 2 aromatic carbocycles. The molecule has 5 nitrogen and oxygen atoms in total. The van der Waals surface area contributed by atoms with Gasteiger partial charge >= 0.3 is 0 Å². The third-order valence-electron chi connectivity index (χ3n) is 5.01. The van der Waals surface area contributed by atoms with E-state index in [0.29, 0.717) is 38.3 Å². The second kappa shape index (κ2) is 8.88. The summed E-state index contributed by atoms with van der Waals surface area (Å²) < 4.78 is 22.7. The van der Waals surface area contributed by atoms with Crippen molar-refractivity contribution in [1.29, 1.82) is 0 Å². The quantitative estimate of drug-likeness (QED) is 0.261. The van der Waals surface area contributed by atoms with Crippen LogP contribution in [0.4, 0.5) is 4.39 Å². The summed E-state index contributed by atoms with van der Waals surface area (Å²) in [7, 11) is 0. The molecule has 1 atom stereocenters. The minimum Gasteiger partial charge on any atom is -0.455 e. The average Bonchev–Trinajstić information content (AvgIpc) is 3.21. The number of fused-ring (bicyclic) bond motifs is 1. The van der Waals surface area contributed by atoms with Crippen LogP contribution in [0.5, 0.6) is 0 Å². The highest BCUT2D eigenvalue weighted by Crippen LogP contribution is 2.27. The van der Waals surface area contributed by atoms with Gasteiger partial charge in [0, 0.05) is 14.9 Å². The molecule has 0 saturated heterocycles. The fraction of sp³-hybridized carbons (Fsp3) is 0.174. The van der Waals surface area contributed by atoms with Gasteiger partial charge in [-0.2, -0.15) is 9.78 Å². The van der Waals surface area contributed by atoms with Crippen LogP contribution >= 0.6 is 31.9 Å². The highest BCUT2D eigenvalue weighted by molar-refractivity contribution is 9.10. The van der Waals surface area contributed by atoms with Crippen molar-refractivity contribution in [1.82, 2.24) is 9.66 Å². The molecule has 2 heterocycles. The maximum Gasteiger partial charge on any atom is 0.282 e. The van der Waals surface area contributed by atoms with Gasteiger partial charge in [0.25, 0.3) is 5.56 Å². The Morgan fingerprint density at radius 1 is 1.16 bits per heavy atom. The van der Waals surface area contributed by atoms with Crippen LogP contribution in [-0.2, 0) is 0 Å². The van der Waals surface area contributed by atoms with Crippen LogP contribution in [0.3, 0.4) is 0 Å². The Labute approximate surface area is 194 Å². The van der Waals surface area contributed by atoms with Gasteiger partial charge in [-0.1, -0.05) is 45.7 Å². The van der Waals surface area contributed by atoms with Crippen molar-refractivity contribution >= 4 is 49.0 Å². The minimum atomic E-state index is -0.396. The molecular formula is C23H18Br2FN3O2. The highest BCUT2D eigenvalue weighted by atomic mass is 79.9. The predicted molar refractivity (Wildman–Crippen MR) is 127 cm³/mol. The van der Waals surface area contributed by atoms with Crippen LogP contribution in [0.1, 0.15) is 37.8 Å².